The number of nitrogens with zero attached hydrogens (tertiary/aromatic N) is 2. The molecule has 0 saturated carbocycles. The number of aromatic nitrogens is 2. The van der Waals surface area contributed by atoms with Crippen LogP contribution in [0.3, 0.4) is 0 Å². The Morgan fingerprint density at radius 2 is 2.00 bits per heavy atom. The van der Waals surface area contributed by atoms with Gasteiger partial charge in [0.05, 0.1) is 13.0 Å². The van der Waals surface area contributed by atoms with Gasteiger partial charge in [-0.15, -0.1) is 0 Å². The number of nitrogens with one attached hydrogen (secondary N) is 1. The van der Waals surface area contributed by atoms with Gasteiger partial charge in [0.25, 0.3) is 0 Å². The fraction of sp³-hybridized carbons (Fsp3) is 0.118. The highest BCUT2D eigenvalue weighted by molar-refractivity contribution is 9.10. The molecule has 2 aromatic carbocycles. The molecule has 3 aromatic rings. The van der Waals surface area contributed by atoms with Crippen LogP contribution in [0.5, 0.6) is 0 Å². The highest BCUT2D eigenvalue weighted by atomic mass is 79.9. The molecule has 0 aliphatic carbocycles. The van der Waals surface area contributed by atoms with Gasteiger partial charge in [0.2, 0.25) is 17.6 Å². The Balaban J connectivity index is 1.57. The summed E-state index contributed by atoms with van der Waals surface area (Å²) in [5.74, 6) is 0.715. The summed E-state index contributed by atoms with van der Waals surface area (Å²) in [5.41, 5.74) is 1.73. The molecule has 0 unspecified atom stereocenters. The molecule has 122 valence electrons. The second kappa shape index (κ2) is 7.59. The SMILES string of the molecule is O=C(Cc1ccc(Cl)cc1)NCc1nc(-c2cccc(Br)c2)no1. The van der Waals surface area contributed by atoms with Gasteiger partial charge in [0.15, 0.2) is 0 Å². The Hall–Kier alpha value is -2.18. The lowest BCUT2D eigenvalue weighted by Crippen LogP contribution is -2.24. The lowest BCUT2D eigenvalue weighted by atomic mass is 10.1. The maximum absolute atomic E-state index is 12.0. The fourth-order valence-corrected chi connectivity index (χ4v) is 2.62. The number of amides is 1. The van der Waals surface area contributed by atoms with Gasteiger partial charge in [-0.1, -0.05) is 57.0 Å². The number of rotatable bonds is 5. The lowest BCUT2D eigenvalue weighted by molar-refractivity contribution is -0.120. The normalized spacial score (nSPS) is 10.6. The Bertz CT molecular complexity index is 849. The van der Waals surface area contributed by atoms with Crippen LogP contribution in [0, 0.1) is 0 Å². The van der Waals surface area contributed by atoms with Crippen molar-refractivity contribution in [2.45, 2.75) is 13.0 Å². The number of halogens is 2. The molecule has 1 aromatic heterocycles. The van der Waals surface area contributed by atoms with Crippen molar-refractivity contribution in [3.05, 3.63) is 69.5 Å². The predicted molar refractivity (Wildman–Crippen MR) is 94.4 cm³/mol. The van der Waals surface area contributed by atoms with Crippen LogP contribution in [0.15, 0.2) is 57.5 Å². The first-order chi connectivity index (χ1) is 11.6. The average molecular weight is 407 g/mol. The molecule has 3 rings (SSSR count). The Morgan fingerprint density at radius 3 is 2.75 bits per heavy atom. The van der Waals surface area contributed by atoms with Gasteiger partial charge in [-0.2, -0.15) is 4.98 Å². The Labute approximate surface area is 152 Å². The van der Waals surface area contributed by atoms with E-state index in [2.05, 4.69) is 31.4 Å². The van der Waals surface area contributed by atoms with E-state index in [4.69, 9.17) is 16.1 Å². The van der Waals surface area contributed by atoms with E-state index in [1.165, 1.54) is 0 Å². The van der Waals surface area contributed by atoms with Gasteiger partial charge in [0, 0.05) is 15.1 Å². The topological polar surface area (TPSA) is 68.0 Å². The van der Waals surface area contributed by atoms with Gasteiger partial charge < -0.3 is 9.84 Å². The van der Waals surface area contributed by atoms with Gasteiger partial charge >= 0.3 is 0 Å². The van der Waals surface area contributed by atoms with Gasteiger partial charge in [-0.3, -0.25) is 4.79 Å². The molecule has 7 heteroatoms. The van der Waals surface area contributed by atoms with E-state index in [0.717, 1.165) is 15.6 Å². The summed E-state index contributed by atoms with van der Waals surface area (Å²) in [6.45, 7) is 0.188. The van der Waals surface area contributed by atoms with Crippen LogP contribution in [0.25, 0.3) is 11.4 Å². The first-order valence-corrected chi connectivity index (χ1v) is 8.37. The third-order valence-electron chi connectivity index (χ3n) is 3.27. The highest BCUT2D eigenvalue weighted by Crippen LogP contribution is 2.20. The van der Waals surface area contributed by atoms with E-state index in [-0.39, 0.29) is 18.9 Å². The summed E-state index contributed by atoms with van der Waals surface area (Å²) in [6, 6.07) is 14.7. The predicted octanol–water partition coefficient (Wildman–Crippen LogP) is 4.01. The summed E-state index contributed by atoms with van der Waals surface area (Å²) >= 11 is 9.22. The number of benzene rings is 2. The molecule has 0 saturated heterocycles. The first-order valence-electron chi connectivity index (χ1n) is 7.20. The van der Waals surface area contributed by atoms with Crippen LogP contribution in [0.1, 0.15) is 11.5 Å². The molecule has 5 nitrogen and oxygen atoms in total. The minimum absolute atomic E-state index is 0.125. The van der Waals surface area contributed by atoms with E-state index in [0.29, 0.717) is 16.7 Å². The minimum atomic E-state index is -0.125. The molecule has 0 atom stereocenters. The van der Waals surface area contributed by atoms with Gasteiger partial charge in [0.1, 0.15) is 0 Å². The molecule has 0 spiro atoms. The van der Waals surface area contributed by atoms with E-state index in [1.807, 2.05) is 36.4 Å². The standard InChI is InChI=1S/C17H13BrClN3O2/c18-13-3-1-2-12(9-13)17-21-16(24-22-17)10-20-15(23)8-11-4-6-14(19)7-5-11/h1-7,9H,8,10H2,(H,20,23). The van der Waals surface area contributed by atoms with Crippen molar-refractivity contribution in [2.24, 2.45) is 0 Å². The molecule has 0 radical (unpaired) electrons. The lowest BCUT2D eigenvalue weighted by Gasteiger charge is -2.02. The summed E-state index contributed by atoms with van der Waals surface area (Å²) in [5, 5.41) is 7.33. The van der Waals surface area contributed by atoms with Crippen LogP contribution < -0.4 is 5.32 Å². The molecule has 24 heavy (non-hydrogen) atoms. The molecular weight excluding hydrogens is 394 g/mol. The van der Waals surface area contributed by atoms with Crippen molar-refractivity contribution >= 4 is 33.4 Å². The summed E-state index contributed by atoms with van der Waals surface area (Å²) in [7, 11) is 0. The first kappa shape index (κ1) is 16.7. The van der Waals surface area contributed by atoms with Crippen molar-refractivity contribution in [1.29, 1.82) is 0 Å². The van der Waals surface area contributed by atoms with Gasteiger partial charge in [-0.25, -0.2) is 0 Å². The Kier molecular flexibility index (Phi) is 5.27. The maximum atomic E-state index is 12.0. The minimum Gasteiger partial charge on any atom is -0.347 e. The van der Waals surface area contributed by atoms with E-state index < -0.39 is 0 Å². The second-order valence-electron chi connectivity index (χ2n) is 5.10. The van der Waals surface area contributed by atoms with Crippen molar-refractivity contribution in [3.63, 3.8) is 0 Å². The third kappa shape index (κ3) is 4.43. The molecule has 1 heterocycles. The van der Waals surface area contributed by atoms with Crippen LogP contribution in [0.4, 0.5) is 0 Å². The monoisotopic (exact) mass is 405 g/mol. The van der Waals surface area contributed by atoms with Crippen molar-refractivity contribution in [1.82, 2.24) is 15.5 Å². The van der Waals surface area contributed by atoms with Crippen molar-refractivity contribution in [2.75, 3.05) is 0 Å². The van der Waals surface area contributed by atoms with E-state index >= 15 is 0 Å². The van der Waals surface area contributed by atoms with Crippen molar-refractivity contribution < 1.29 is 9.32 Å². The largest absolute Gasteiger partial charge is 0.347 e. The van der Waals surface area contributed by atoms with Crippen LogP contribution in [0.2, 0.25) is 5.02 Å². The van der Waals surface area contributed by atoms with Gasteiger partial charge in [-0.05, 0) is 29.8 Å². The molecule has 0 aliphatic rings. The molecule has 0 bridgehead atoms. The summed E-state index contributed by atoms with van der Waals surface area (Å²) in [6.07, 6.45) is 0.268. The number of carbonyl (C=O) groups is 1. The Morgan fingerprint density at radius 1 is 1.21 bits per heavy atom. The zero-order chi connectivity index (χ0) is 16.9. The van der Waals surface area contributed by atoms with Crippen LogP contribution in [-0.2, 0) is 17.8 Å². The molecular formula is C17H13BrClN3O2. The maximum Gasteiger partial charge on any atom is 0.246 e. The zero-order valence-electron chi connectivity index (χ0n) is 12.5. The third-order valence-corrected chi connectivity index (χ3v) is 4.01. The number of hydrogen-bond acceptors (Lipinski definition) is 4. The fourth-order valence-electron chi connectivity index (χ4n) is 2.10. The van der Waals surface area contributed by atoms with Crippen LogP contribution in [-0.4, -0.2) is 16.0 Å². The molecule has 1 amide bonds. The number of hydrogen-bond donors (Lipinski definition) is 1. The van der Waals surface area contributed by atoms with Crippen molar-refractivity contribution in [3.8, 4) is 11.4 Å². The quantitative estimate of drug-likeness (QED) is 0.695. The number of carbonyl (C=O) groups excluding carboxylic acids is 1. The van der Waals surface area contributed by atoms with E-state index in [9.17, 15) is 4.79 Å². The molecule has 1 N–H and O–H groups in total. The summed E-state index contributed by atoms with van der Waals surface area (Å²) < 4.78 is 6.10. The van der Waals surface area contributed by atoms with E-state index in [1.54, 1.807) is 12.1 Å². The molecule has 0 aliphatic heterocycles. The average Bonchev–Trinajstić information content (AvgIpc) is 3.04. The zero-order valence-corrected chi connectivity index (χ0v) is 14.8. The molecule has 0 fully saturated rings. The van der Waals surface area contributed by atoms with Crippen LogP contribution >= 0.6 is 27.5 Å². The summed E-state index contributed by atoms with van der Waals surface area (Å²) in [4.78, 5) is 16.2. The smallest absolute Gasteiger partial charge is 0.246 e. The second-order valence-corrected chi connectivity index (χ2v) is 6.45. The highest BCUT2D eigenvalue weighted by Gasteiger charge is 2.10.